The summed E-state index contributed by atoms with van der Waals surface area (Å²) in [6, 6.07) is 13.5. The molecule has 3 aromatic carbocycles. The van der Waals surface area contributed by atoms with Crippen molar-refractivity contribution in [3.63, 3.8) is 0 Å². The molecular weight excluding hydrogens is 484 g/mol. The second kappa shape index (κ2) is 9.37. The number of hydrogen-bond acceptors (Lipinski definition) is 5. The first-order chi connectivity index (χ1) is 16.3. The maximum absolute atomic E-state index is 15.0. The number of anilines is 1. The molecule has 0 aromatic heterocycles. The van der Waals surface area contributed by atoms with Gasteiger partial charge in [-0.2, -0.15) is 0 Å². The normalized spacial score (nSPS) is 17.2. The molecule has 4 rings (SSSR count). The number of carbonyl (C=O) groups is 2. The zero-order valence-corrected chi connectivity index (χ0v) is 19.5. The van der Waals surface area contributed by atoms with Gasteiger partial charge in [-0.15, -0.1) is 0 Å². The fraction of sp³-hybridized carbons (Fsp3) is 0.120. The summed E-state index contributed by atoms with van der Waals surface area (Å²) >= 11 is 12.3. The molecule has 0 radical (unpaired) electrons. The molecule has 3 aromatic rings. The highest BCUT2D eigenvalue weighted by molar-refractivity contribution is 6.52. The van der Waals surface area contributed by atoms with Gasteiger partial charge < -0.3 is 14.6 Å². The summed E-state index contributed by atoms with van der Waals surface area (Å²) in [6.45, 7) is 0. The molecule has 1 atom stereocenters. The Hall–Kier alpha value is -3.55. The van der Waals surface area contributed by atoms with Crippen LogP contribution in [0.25, 0.3) is 5.76 Å². The summed E-state index contributed by atoms with van der Waals surface area (Å²) in [5, 5.41) is 11.5. The number of carbonyl (C=O) groups excluding carboxylic acids is 2. The third-order valence-corrected chi connectivity index (χ3v) is 5.96. The molecule has 1 unspecified atom stereocenters. The summed E-state index contributed by atoms with van der Waals surface area (Å²) in [7, 11) is 2.82. The number of methoxy groups -OCH3 is 2. The highest BCUT2D eigenvalue weighted by atomic mass is 35.5. The molecule has 1 aliphatic rings. The first-order valence-corrected chi connectivity index (χ1v) is 10.8. The van der Waals surface area contributed by atoms with E-state index in [0.29, 0.717) is 11.4 Å². The number of amides is 1. The Balaban J connectivity index is 2.01. The Morgan fingerprint density at radius 3 is 2.29 bits per heavy atom. The van der Waals surface area contributed by atoms with Crippen molar-refractivity contribution in [2.45, 2.75) is 6.04 Å². The average molecular weight is 502 g/mol. The lowest BCUT2D eigenvalue weighted by Gasteiger charge is -2.26. The van der Waals surface area contributed by atoms with Gasteiger partial charge in [0.25, 0.3) is 11.7 Å². The van der Waals surface area contributed by atoms with Crippen molar-refractivity contribution in [2.24, 2.45) is 0 Å². The smallest absolute Gasteiger partial charge is 0.300 e. The zero-order chi connectivity index (χ0) is 24.6. The van der Waals surface area contributed by atoms with Gasteiger partial charge in [-0.25, -0.2) is 4.39 Å². The summed E-state index contributed by atoms with van der Waals surface area (Å²) in [4.78, 5) is 27.5. The van der Waals surface area contributed by atoms with E-state index >= 15 is 0 Å². The van der Waals surface area contributed by atoms with Crippen LogP contribution in [0.15, 0.2) is 66.2 Å². The topological polar surface area (TPSA) is 76.1 Å². The van der Waals surface area contributed by atoms with E-state index in [2.05, 4.69) is 0 Å². The molecule has 0 saturated carbocycles. The van der Waals surface area contributed by atoms with E-state index in [1.54, 1.807) is 30.3 Å². The predicted molar refractivity (Wildman–Crippen MR) is 127 cm³/mol. The Morgan fingerprint density at radius 1 is 1.00 bits per heavy atom. The van der Waals surface area contributed by atoms with Gasteiger partial charge in [0.2, 0.25) is 0 Å². The van der Waals surface area contributed by atoms with Gasteiger partial charge >= 0.3 is 0 Å². The molecule has 6 nitrogen and oxygen atoms in total. The number of hydrogen-bond donors (Lipinski definition) is 1. The standard InChI is InChI=1S/C25H18Cl2FNO5/c1-33-15-9-7-14(8-10-15)29-21(16-5-3-4-6-19(16)28)20(23(31)25(29)32)22(30)17-11-13(26)12-18(27)24(17)34-2/h3-12,21,30H,1-2H3/b22-20+. The van der Waals surface area contributed by atoms with Crippen molar-refractivity contribution >= 4 is 46.3 Å². The number of Topliss-reactive ketones (excluding diaryl/α,β-unsaturated/α-hetero) is 1. The quantitative estimate of drug-likeness (QED) is 0.272. The number of halogens is 3. The van der Waals surface area contributed by atoms with Crippen LogP contribution in [-0.2, 0) is 9.59 Å². The van der Waals surface area contributed by atoms with E-state index in [0.717, 1.165) is 4.90 Å². The van der Waals surface area contributed by atoms with Crippen LogP contribution in [0.5, 0.6) is 11.5 Å². The maximum Gasteiger partial charge on any atom is 0.300 e. The number of nitrogens with zero attached hydrogens (tertiary/aromatic N) is 1. The molecule has 0 spiro atoms. The van der Waals surface area contributed by atoms with Crippen LogP contribution in [-0.4, -0.2) is 31.0 Å². The molecule has 9 heteroatoms. The van der Waals surface area contributed by atoms with Crippen molar-refractivity contribution < 1.29 is 28.6 Å². The number of benzene rings is 3. The predicted octanol–water partition coefficient (Wildman–Crippen LogP) is 5.78. The highest BCUT2D eigenvalue weighted by Gasteiger charge is 2.48. The van der Waals surface area contributed by atoms with E-state index in [1.807, 2.05) is 0 Å². The summed E-state index contributed by atoms with van der Waals surface area (Å²) in [5.74, 6) is -2.61. The van der Waals surface area contributed by atoms with Crippen molar-refractivity contribution in [3.05, 3.63) is 93.2 Å². The van der Waals surface area contributed by atoms with Gasteiger partial charge in [-0.3, -0.25) is 14.5 Å². The van der Waals surface area contributed by atoms with Crippen molar-refractivity contribution in [1.82, 2.24) is 0 Å². The largest absolute Gasteiger partial charge is 0.507 e. The molecule has 0 aliphatic carbocycles. The van der Waals surface area contributed by atoms with Crippen LogP contribution in [0.1, 0.15) is 17.2 Å². The van der Waals surface area contributed by atoms with E-state index in [1.165, 1.54) is 44.6 Å². The van der Waals surface area contributed by atoms with Crippen LogP contribution in [0, 0.1) is 5.82 Å². The molecule has 1 amide bonds. The second-order valence-corrected chi connectivity index (χ2v) is 8.20. The van der Waals surface area contributed by atoms with Gasteiger partial charge in [0, 0.05) is 16.3 Å². The molecular formula is C25H18Cl2FNO5. The van der Waals surface area contributed by atoms with Gasteiger partial charge in [-0.05, 0) is 42.5 Å². The number of ketones is 1. The Bertz CT molecular complexity index is 1320. The van der Waals surface area contributed by atoms with Gasteiger partial charge in [0.05, 0.1) is 36.4 Å². The second-order valence-electron chi connectivity index (χ2n) is 7.36. The molecule has 1 aliphatic heterocycles. The summed E-state index contributed by atoms with van der Waals surface area (Å²) in [6.07, 6.45) is 0. The van der Waals surface area contributed by atoms with Crippen molar-refractivity contribution in [1.29, 1.82) is 0 Å². The molecule has 1 N–H and O–H groups in total. The minimum Gasteiger partial charge on any atom is -0.507 e. The average Bonchev–Trinajstić information content (AvgIpc) is 3.08. The van der Waals surface area contributed by atoms with Gasteiger partial charge in [-0.1, -0.05) is 41.4 Å². The molecule has 1 fully saturated rings. The maximum atomic E-state index is 15.0. The molecule has 1 heterocycles. The van der Waals surface area contributed by atoms with E-state index < -0.39 is 29.3 Å². The van der Waals surface area contributed by atoms with Gasteiger partial charge in [0.1, 0.15) is 23.1 Å². The number of ether oxygens (including phenoxy) is 2. The van der Waals surface area contributed by atoms with E-state index in [-0.39, 0.29) is 32.5 Å². The van der Waals surface area contributed by atoms with E-state index in [4.69, 9.17) is 32.7 Å². The lowest BCUT2D eigenvalue weighted by atomic mass is 9.94. The Labute approximate surface area is 204 Å². The summed E-state index contributed by atoms with van der Waals surface area (Å²) in [5.41, 5.74) is -0.00549. The lowest BCUT2D eigenvalue weighted by Crippen LogP contribution is -2.29. The first kappa shape index (κ1) is 23.6. The fourth-order valence-corrected chi connectivity index (χ4v) is 4.49. The van der Waals surface area contributed by atoms with Crippen LogP contribution in [0.4, 0.5) is 10.1 Å². The van der Waals surface area contributed by atoms with E-state index in [9.17, 15) is 19.1 Å². The Kier molecular flexibility index (Phi) is 6.50. The molecule has 0 bridgehead atoms. The number of aliphatic hydroxyl groups is 1. The third kappa shape index (κ3) is 3.97. The minimum atomic E-state index is -1.27. The molecule has 1 saturated heterocycles. The number of rotatable bonds is 5. The zero-order valence-electron chi connectivity index (χ0n) is 18.0. The molecule has 34 heavy (non-hydrogen) atoms. The van der Waals surface area contributed by atoms with Crippen LogP contribution in [0.3, 0.4) is 0 Å². The SMILES string of the molecule is COc1ccc(N2C(=O)C(=O)/C(=C(/O)c3cc(Cl)cc(Cl)c3OC)C2c2ccccc2F)cc1. The van der Waals surface area contributed by atoms with Crippen molar-refractivity contribution in [2.75, 3.05) is 19.1 Å². The molecule has 174 valence electrons. The monoisotopic (exact) mass is 501 g/mol. The first-order valence-electron chi connectivity index (χ1n) is 10.0. The van der Waals surface area contributed by atoms with Crippen molar-refractivity contribution in [3.8, 4) is 11.5 Å². The minimum absolute atomic E-state index is 0.00549. The highest BCUT2D eigenvalue weighted by Crippen LogP contribution is 2.45. The van der Waals surface area contributed by atoms with Crippen LogP contribution in [0.2, 0.25) is 10.0 Å². The van der Waals surface area contributed by atoms with Gasteiger partial charge in [0.15, 0.2) is 0 Å². The third-order valence-electron chi connectivity index (χ3n) is 5.46. The fourth-order valence-electron chi connectivity index (χ4n) is 3.92. The number of aliphatic hydroxyl groups excluding tert-OH is 1. The summed E-state index contributed by atoms with van der Waals surface area (Å²) < 4.78 is 25.4. The Morgan fingerprint density at radius 2 is 1.68 bits per heavy atom. The van der Waals surface area contributed by atoms with Crippen LogP contribution >= 0.6 is 23.2 Å². The van der Waals surface area contributed by atoms with Crippen LogP contribution < -0.4 is 14.4 Å². The lowest BCUT2D eigenvalue weighted by molar-refractivity contribution is -0.132.